The first-order valence-electron chi connectivity index (χ1n) is 7.05. The average molecular weight is 314 g/mol. The van der Waals surface area contributed by atoms with Crippen LogP contribution in [0, 0.1) is 0 Å². The van der Waals surface area contributed by atoms with Crippen molar-refractivity contribution in [1.29, 1.82) is 0 Å². The Morgan fingerprint density at radius 3 is 2.86 bits per heavy atom. The third-order valence-corrected chi connectivity index (χ3v) is 3.33. The normalized spacial score (nSPS) is 10.5. The van der Waals surface area contributed by atoms with Crippen molar-refractivity contribution in [3.05, 3.63) is 28.8 Å². The van der Waals surface area contributed by atoms with Crippen molar-refractivity contribution >= 4 is 23.2 Å². The standard InChI is InChI=1S/C15H24ClN3O2/c1-4-17-10-12-6-5-7-13(16)15(12)19(2)11-14(20)18-8-9-21-3/h5-7,17H,4,8-11H2,1-3H3,(H,18,20). The van der Waals surface area contributed by atoms with Gasteiger partial charge in [-0.2, -0.15) is 0 Å². The summed E-state index contributed by atoms with van der Waals surface area (Å²) in [5.74, 6) is -0.0520. The highest BCUT2D eigenvalue weighted by Crippen LogP contribution is 2.29. The molecule has 0 fully saturated rings. The quantitative estimate of drug-likeness (QED) is 0.681. The van der Waals surface area contributed by atoms with Gasteiger partial charge in [0.05, 0.1) is 23.9 Å². The molecule has 21 heavy (non-hydrogen) atoms. The van der Waals surface area contributed by atoms with Crippen molar-refractivity contribution in [2.75, 3.05) is 45.3 Å². The molecule has 6 heteroatoms. The van der Waals surface area contributed by atoms with Crippen LogP contribution in [0.2, 0.25) is 5.02 Å². The van der Waals surface area contributed by atoms with Crippen molar-refractivity contribution in [3.63, 3.8) is 0 Å². The third kappa shape index (κ3) is 5.91. The summed E-state index contributed by atoms with van der Waals surface area (Å²) in [4.78, 5) is 13.7. The largest absolute Gasteiger partial charge is 0.383 e. The molecule has 1 rings (SSSR count). The van der Waals surface area contributed by atoms with E-state index in [0.29, 0.717) is 18.2 Å². The summed E-state index contributed by atoms with van der Waals surface area (Å²) in [6.45, 7) is 4.93. The van der Waals surface area contributed by atoms with Crippen LogP contribution in [0.25, 0.3) is 0 Å². The van der Waals surface area contributed by atoms with Crippen LogP contribution in [-0.4, -0.2) is 46.3 Å². The number of halogens is 1. The number of benzene rings is 1. The van der Waals surface area contributed by atoms with Crippen molar-refractivity contribution < 1.29 is 9.53 Å². The predicted octanol–water partition coefficient (Wildman–Crippen LogP) is 1.65. The molecule has 0 heterocycles. The topological polar surface area (TPSA) is 53.6 Å². The van der Waals surface area contributed by atoms with Gasteiger partial charge < -0.3 is 20.3 Å². The number of para-hydroxylation sites is 1. The molecule has 0 aliphatic carbocycles. The lowest BCUT2D eigenvalue weighted by Crippen LogP contribution is -2.37. The predicted molar refractivity (Wildman–Crippen MR) is 87.0 cm³/mol. The number of anilines is 1. The van der Waals surface area contributed by atoms with Crippen LogP contribution in [0.3, 0.4) is 0 Å². The Hall–Kier alpha value is -1.30. The molecule has 0 saturated heterocycles. The van der Waals surface area contributed by atoms with Crippen LogP contribution < -0.4 is 15.5 Å². The first-order valence-corrected chi connectivity index (χ1v) is 7.42. The van der Waals surface area contributed by atoms with E-state index in [-0.39, 0.29) is 12.5 Å². The van der Waals surface area contributed by atoms with E-state index in [1.54, 1.807) is 7.11 Å². The minimum atomic E-state index is -0.0520. The van der Waals surface area contributed by atoms with Crippen LogP contribution in [0.5, 0.6) is 0 Å². The van der Waals surface area contributed by atoms with Crippen molar-refractivity contribution in [1.82, 2.24) is 10.6 Å². The fourth-order valence-corrected chi connectivity index (χ4v) is 2.37. The van der Waals surface area contributed by atoms with Gasteiger partial charge in [0.25, 0.3) is 0 Å². The van der Waals surface area contributed by atoms with E-state index in [9.17, 15) is 4.79 Å². The summed E-state index contributed by atoms with van der Waals surface area (Å²) < 4.78 is 4.91. The number of nitrogens with one attached hydrogen (secondary N) is 2. The number of methoxy groups -OCH3 is 1. The molecular weight excluding hydrogens is 290 g/mol. The second kappa shape index (κ2) is 9.60. The van der Waals surface area contributed by atoms with Crippen molar-refractivity contribution in [2.24, 2.45) is 0 Å². The summed E-state index contributed by atoms with van der Waals surface area (Å²) in [5.41, 5.74) is 1.97. The first kappa shape index (κ1) is 17.8. The molecule has 2 N–H and O–H groups in total. The van der Waals surface area contributed by atoms with Crippen molar-refractivity contribution in [3.8, 4) is 0 Å². The fourth-order valence-electron chi connectivity index (χ4n) is 2.03. The maximum Gasteiger partial charge on any atom is 0.239 e. The molecule has 0 bridgehead atoms. The zero-order valence-corrected chi connectivity index (χ0v) is 13.7. The second-order valence-corrected chi connectivity index (χ2v) is 5.13. The lowest BCUT2D eigenvalue weighted by molar-refractivity contribution is -0.119. The van der Waals surface area contributed by atoms with Gasteiger partial charge in [-0.1, -0.05) is 30.7 Å². The number of ether oxygens (including phenoxy) is 1. The Balaban J connectivity index is 2.71. The van der Waals surface area contributed by atoms with E-state index in [2.05, 4.69) is 17.6 Å². The smallest absolute Gasteiger partial charge is 0.239 e. The average Bonchev–Trinajstić information content (AvgIpc) is 2.45. The highest BCUT2D eigenvalue weighted by atomic mass is 35.5. The molecule has 118 valence electrons. The molecule has 5 nitrogen and oxygen atoms in total. The highest BCUT2D eigenvalue weighted by Gasteiger charge is 2.14. The number of likely N-dealkylation sites (N-methyl/N-ethyl adjacent to an activating group) is 1. The highest BCUT2D eigenvalue weighted by molar-refractivity contribution is 6.33. The zero-order valence-electron chi connectivity index (χ0n) is 12.9. The summed E-state index contributed by atoms with van der Waals surface area (Å²) in [6, 6.07) is 5.78. The molecule has 0 spiro atoms. The molecule has 0 saturated carbocycles. The van der Waals surface area contributed by atoms with Gasteiger partial charge in [-0.15, -0.1) is 0 Å². The minimum Gasteiger partial charge on any atom is -0.383 e. The molecule has 1 aromatic rings. The van der Waals surface area contributed by atoms with E-state index in [0.717, 1.165) is 24.3 Å². The lowest BCUT2D eigenvalue weighted by atomic mass is 10.1. The Morgan fingerprint density at radius 1 is 1.43 bits per heavy atom. The van der Waals surface area contributed by atoms with E-state index >= 15 is 0 Å². The maximum atomic E-state index is 11.9. The Bertz CT molecular complexity index is 455. The van der Waals surface area contributed by atoms with Crippen molar-refractivity contribution in [2.45, 2.75) is 13.5 Å². The lowest BCUT2D eigenvalue weighted by Gasteiger charge is -2.23. The molecule has 1 aromatic carbocycles. The number of hydrogen-bond donors (Lipinski definition) is 2. The molecule has 0 aromatic heterocycles. The van der Waals surface area contributed by atoms with Gasteiger partial charge in [-0.25, -0.2) is 0 Å². The van der Waals surface area contributed by atoms with Crippen LogP contribution in [0.1, 0.15) is 12.5 Å². The molecule has 0 aliphatic heterocycles. The van der Waals surface area contributed by atoms with E-state index < -0.39 is 0 Å². The summed E-state index contributed by atoms with van der Waals surface area (Å²) in [7, 11) is 3.47. The molecule has 1 amide bonds. The number of carbonyl (C=O) groups is 1. The molecule has 0 radical (unpaired) electrons. The van der Waals surface area contributed by atoms with Crippen LogP contribution in [0.15, 0.2) is 18.2 Å². The van der Waals surface area contributed by atoms with Gasteiger partial charge in [0.15, 0.2) is 0 Å². The van der Waals surface area contributed by atoms with Crippen LogP contribution in [-0.2, 0) is 16.1 Å². The molecule has 0 atom stereocenters. The van der Waals surface area contributed by atoms with E-state index in [1.165, 1.54) is 0 Å². The minimum absolute atomic E-state index is 0.0520. The Labute approximate surface area is 131 Å². The SMILES string of the molecule is CCNCc1cccc(Cl)c1N(C)CC(=O)NCCOC. The number of carbonyl (C=O) groups excluding carboxylic acids is 1. The van der Waals surface area contributed by atoms with E-state index in [1.807, 2.05) is 30.1 Å². The summed E-state index contributed by atoms with van der Waals surface area (Å²) >= 11 is 6.29. The van der Waals surface area contributed by atoms with Gasteiger partial charge >= 0.3 is 0 Å². The number of rotatable bonds is 9. The molecule has 0 aliphatic rings. The fraction of sp³-hybridized carbons (Fsp3) is 0.533. The molecular formula is C15H24ClN3O2. The van der Waals surface area contributed by atoms with Gasteiger partial charge in [0.1, 0.15) is 0 Å². The third-order valence-electron chi connectivity index (χ3n) is 3.03. The Morgan fingerprint density at radius 2 is 2.19 bits per heavy atom. The maximum absolute atomic E-state index is 11.9. The second-order valence-electron chi connectivity index (χ2n) is 4.73. The summed E-state index contributed by atoms with van der Waals surface area (Å²) in [5, 5.41) is 6.73. The van der Waals surface area contributed by atoms with Gasteiger partial charge in [0, 0.05) is 27.2 Å². The monoisotopic (exact) mass is 313 g/mol. The van der Waals surface area contributed by atoms with Gasteiger partial charge in [0.2, 0.25) is 5.91 Å². The van der Waals surface area contributed by atoms with E-state index in [4.69, 9.17) is 16.3 Å². The Kier molecular flexibility index (Phi) is 8.12. The molecule has 0 unspecified atom stereocenters. The zero-order chi connectivity index (χ0) is 15.7. The van der Waals surface area contributed by atoms with Gasteiger partial charge in [-0.05, 0) is 18.2 Å². The number of nitrogens with zero attached hydrogens (tertiary/aromatic N) is 1. The number of hydrogen-bond acceptors (Lipinski definition) is 4. The van der Waals surface area contributed by atoms with Gasteiger partial charge in [-0.3, -0.25) is 4.79 Å². The summed E-state index contributed by atoms with van der Waals surface area (Å²) in [6.07, 6.45) is 0. The van der Waals surface area contributed by atoms with Crippen LogP contribution in [0.4, 0.5) is 5.69 Å². The first-order chi connectivity index (χ1) is 10.1. The number of amides is 1. The van der Waals surface area contributed by atoms with Crippen LogP contribution >= 0.6 is 11.6 Å².